The SMILES string of the molecule is CCCCCOc1ccc(CCc2cc(F)c(F)nc2F)cc1. The van der Waals surface area contributed by atoms with Crippen LogP contribution in [0.15, 0.2) is 30.3 Å². The van der Waals surface area contributed by atoms with Crippen LogP contribution in [-0.4, -0.2) is 11.6 Å². The third-order valence-corrected chi connectivity index (χ3v) is 3.58. The van der Waals surface area contributed by atoms with E-state index in [9.17, 15) is 13.2 Å². The Morgan fingerprint density at radius 2 is 1.70 bits per heavy atom. The van der Waals surface area contributed by atoms with Crippen LogP contribution in [0.3, 0.4) is 0 Å². The lowest BCUT2D eigenvalue weighted by Crippen LogP contribution is -2.02. The van der Waals surface area contributed by atoms with Crippen molar-refractivity contribution in [2.45, 2.75) is 39.0 Å². The summed E-state index contributed by atoms with van der Waals surface area (Å²) in [6, 6.07) is 8.37. The Bertz CT molecular complexity index is 629. The Balaban J connectivity index is 1.88. The van der Waals surface area contributed by atoms with Gasteiger partial charge in [0, 0.05) is 5.56 Å². The van der Waals surface area contributed by atoms with Crippen molar-refractivity contribution in [2.24, 2.45) is 0 Å². The van der Waals surface area contributed by atoms with Crippen molar-refractivity contribution in [2.75, 3.05) is 6.61 Å². The third-order valence-electron chi connectivity index (χ3n) is 3.58. The van der Waals surface area contributed by atoms with Gasteiger partial charge in [0.25, 0.3) is 5.95 Å². The first kappa shape index (κ1) is 17.3. The standard InChI is InChI=1S/C18H20F3NO/c1-2-3-4-11-23-15-9-6-13(7-10-15)5-8-14-12-16(19)18(21)22-17(14)20/h6-7,9-10,12H,2-5,8,11H2,1H3. The minimum atomic E-state index is -1.41. The molecule has 1 heterocycles. The van der Waals surface area contributed by atoms with Crippen LogP contribution in [0.4, 0.5) is 13.2 Å². The van der Waals surface area contributed by atoms with E-state index in [0.717, 1.165) is 36.6 Å². The van der Waals surface area contributed by atoms with Gasteiger partial charge in [0.2, 0.25) is 5.95 Å². The van der Waals surface area contributed by atoms with E-state index in [1.807, 2.05) is 24.3 Å². The van der Waals surface area contributed by atoms with Crippen molar-refractivity contribution in [1.29, 1.82) is 0 Å². The normalized spacial score (nSPS) is 10.8. The number of rotatable bonds is 8. The zero-order valence-electron chi connectivity index (χ0n) is 13.1. The molecule has 0 aliphatic rings. The van der Waals surface area contributed by atoms with Gasteiger partial charge >= 0.3 is 0 Å². The number of halogens is 3. The van der Waals surface area contributed by atoms with Gasteiger partial charge in [0.15, 0.2) is 5.82 Å². The van der Waals surface area contributed by atoms with Crippen molar-refractivity contribution in [3.05, 3.63) is 59.2 Å². The Morgan fingerprint density at radius 3 is 2.39 bits per heavy atom. The van der Waals surface area contributed by atoms with Gasteiger partial charge in [0.05, 0.1) is 6.61 Å². The van der Waals surface area contributed by atoms with E-state index < -0.39 is 17.7 Å². The molecule has 2 rings (SSSR count). The van der Waals surface area contributed by atoms with E-state index in [0.29, 0.717) is 13.0 Å². The van der Waals surface area contributed by atoms with Crippen LogP contribution in [-0.2, 0) is 12.8 Å². The number of unbranched alkanes of at least 4 members (excludes halogenated alkanes) is 2. The summed E-state index contributed by atoms with van der Waals surface area (Å²) in [6.45, 7) is 2.83. The highest BCUT2D eigenvalue weighted by atomic mass is 19.2. The molecular weight excluding hydrogens is 303 g/mol. The van der Waals surface area contributed by atoms with Crippen LogP contribution in [0.2, 0.25) is 0 Å². The lowest BCUT2D eigenvalue weighted by atomic mass is 10.1. The van der Waals surface area contributed by atoms with Crippen molar-refractivity contribution >= 4 is 0 Å². The molecule has 1 aromatic carbocycles. The molecule has 0 N–H and O–H groups in total. The minimum absolute atomic E-state index is 0.0730. The molecule has 0 spiro atoms. The Hall–Kier alpha value is -2.04. The summed E-state index contributed by atoms with van der Waals surface area (Å²) >= 11 is 0. The zero-order valence-corrected chi connectivity index (χ0v) is 13.1. The van der Waals surface area contributed by atoms with Crippen LogP contribution >= 0.6 is 0 Å². The maximum absolute atomic E-state index is 13.5. The molecule has 0 fully saturated rings. The lowest BCUT2D eigenvalue weighted by Gasteiger charge is -2.07. The molecule has 0 aliphatic heterocycles. The first-order valence-electron chi connectivity index (χ1n) is 7.82. The molecule has 0 atom stereocenters. The number of benzene rings is 1. The molecular formula is C18H20F3NO. The molecule has 2 nitrogen and oxygen atoms in total. The largest absolute Gasteiger partial charge is 0.494 e. The van der Waals surface area contributed by atoms with Crippen LogP contribution in [0.5, 0.6) is 5.75 Å². The summed E-state index contributed by atoms with van der Waals surface area (Å²) in [5.41, 5.74) is 1.04. The third kappa shape index (κ3) is 5.27. The summed E-state index contributed by atoms with van der Waals surface area (Å²) < 4.78 is 44.9. The van der Waals surface area contributed by atoms with Crippen LogP contribution < -0.4 is 4.74 Å². The zero-order chi connectivity index (χ0) is 16.7. The topological polar surface area (TPSA) is 22.1 Å². The van der Waals surface area contributed by atoms with E-state index in [1.165, 1.54) is 0 Å². The Morgan fingerprint density at radius 1 is 0.957 bits per heavy atom. The number of ether oxygens (including phenoxy) is 1. The first-order valence-corrected chi connectivity index (χ1v) is 7.82. The Labute approximate surface area is 134 Å². The molecule has 0 bridgehead atoms. The Kier molecular flexibility index (Phi) is 6.44. The van der Waals surface area contributed by atoms with Crippen molar-refractivity contribution in [3.8, 4) is 5.75 Å². The lowest BCUT2D eigenvalue weighted by molar-refractivity contribution is 0.306. The number of nitrogens with zero attached hydrogens (tertiary/aromatic N) is 1. The molecule has 23 heavy (non-hydrogen) atoms. The fourth-order valence-electron chi connectivity index (χ4n) is 2.23. The summed E-state index contributed by atoms with van der Waals surface area (Å²) in [5, 5.41) is 0. The van der Waals surface area contributed by atoms with Gasteiger partial charge in [0.1, 0.15) is 5.75 Å². The summed E-state index contributed by atoms with van der Waals surface area (Å²) in [5.74, 6) is -2.70. The molecule has 1 aromatic heterocycles. The van der Waals surface area contributed by atoms with E-state index in [1.54, 1.807) is 0 Å². The summed E-state index contributed by atoms with van der Waals surface area (Å²) in [4.78, 5) is 2.92. The maximum Gasteiger partial charge on any atom is 0.251 e. The highest BCUT2D eigenvalue weighted by Crippen LogP contribution is 2.16. The van der Waals surface area contributed by atoms with Gasteiger partial charge in [-0.15, -0.1) is 0 Å². The summed E-state index contributed by atoms with van der Waals surface area (Å²) in [7, 11) is 0. The second-order valence-electron chi connectivity index (χ2n) is 5.41. The average Bonchev–Trinajstić information content (AvgIpc) is 2.55. The van der Waals surface area contributed by atoms with Gasteiger partial charge in [-0.05, 0) is 43.0 Å². The highest BCUT2D eigenvalue weighted by Gasteiger charge is 2.11. The van der Waals surface area contributed by atoms with E-state index >= 15 is 0 Å². The fraction of sp³-hybridized carbons (Fsp3) is 0.389. The monoisotopic (exact) mass is 323 g/mol. The number of aromatic nitrogens is 1. The van der Waals surface area contributed by atoms with Crippen LogP contribution in [0, 0.1) is 17.7 Å². The molecule has 124 valence electrons. The number of aryl methyl sites for hydroxylation is 2. The van der Waals surface area contributed by atoms with Crippen molar-refractivity contribution < 1.29 is 17.9 Å². The van der Waals surface area contributed by atoms with Crippen molar-refractivity contribution in [3.63, 3.8) is 0 Å². The van der Waals surface area contributed by atoms with Crippen LogP contribution in [0.25, 0.3) is 0 Å². The smallest absolute Gasteiger partial charge is 0.251 e. The predicted octanol–water partition coefficient (Wildman–Crippen LogP) is 4.85. The summed E-state index contributed by atoms with van der Waals surface area (Å²) in [6.07, 6.45) is 4.09. The van der Waals surface area contributed by atoms with Gasteiger partial charge in [-0.3, -0.25) is 0 Å². The molecule has 0 unspecified atom stereocenters. The molecule has 0 aliphatic carbocycles. The molecule has 0 saturated heterocycles. The maximum atomic E-state index is 13.5. The van der Waals surface area contributed by atoms with Gasteiger partial charge in [-0.2, -0.15) is 13.8 Å². The molecule has 2 aromatic rings. The minimum Gasteiger partial charge on any atom is -0.494 e. The fourth-order valence-corrected chi connectivity index (χ4v) is 2.23. The highest BCUT2D eigenvalue weighted by molar-refractivity contribution is 5.28. The number of hydrogen-bond donors (Lipinski definition) is 0. The van der Waals surface area contributed by atoms with E-state index in [-0.39, 0.29) is 12.0 Å². The average molecular weight is 323 g/mol. The number of hydrogen-bond acceptors (Lipinski definition) is 2. The molecule has 0 saturated carbocycles. The van der Waals surface area contributed by atoms with Gasteiger partial charge in [-0.1, -0.05) is 31.9 Å². The van der Waals surface area contributed by atoms with E-state index in [2.05, 4.69) is 11.9 Å². The van der Waals surface area contributed by atoms with Gasteiger partial charge < -0.3 is 4.74 Å². The quantitative estimate of drug-likeness (QED) is 0.511. The molecule has 0 amide bonds. The second kappa shape index (κ2) is 8.56. The number of pyridine rings is 1. The second-order valence-corrected chi connectivity index (χ2v) is 5.41. The molecule has 5 heteroatoms. The van der Waals surface area contributed by atoms with Crippen LogP contribution in [0.1, 0.15) is 37.3 Å². The van der Waals surface area contributed by atoms with Crippen molar-refractivity contribution in [1.82, 2.24) is 4.98 Å². The predicted molar refractivity (Wildman–Crippen MR) is 83.0 cm³/mol. The first-order chi connectivity index (χ1) is 11.1. The molecule has 0 radical (unpaired) electrons. The van der Waals surface area contributed by atoms with Gasteiger partial charge in [-0.25, -0.2) is 4.39 Å². The van der Waals surface area contributed by atoms with E-state index in [4.69, 9.17) is 4.74 Å².